The number of hydrogen-bond acceptors (Lipinski definition) is 4. The maximum absolute atomic E-state index is 9.66. The number of fused-ring (bicyclic) bond motifs is 1. The smallest absolute Gasteiger partial charge is 0.119 e. The molecule has 0 aromatic heterocycles. The monoisotopic (exact) mass is 284 g/mol. The van der Waals surface area contributed by atoms with Crippen molar-refractivity contribution in [3.8, 4) is 11.5 Å². The number of phenols is 1. The molecule has 0 aliphatic carbocycles. The molecule has 0 radical (unpaired) electrons. The van der Waals surface area contributed by atoms with E-state index in [1.54, 1.807) is 13.2 Å². The van der Waals surface area contributed by atoms with Gasteiger partial charge in [-0.3, -0.25) is 4.90 Å². The lowest BCUT2D eigenvalue weighted by molar-refractivity contribution is 0.220. The van der Waals surface area contributed by atoms with E-state index < -0.39 is 0 Å². The van der Waals surface area contributed by atoms with E-state index in [9.17, 15) is 5.11 Å². The largest absolute Gasteiger partial charge is 0.508 e. The van der Waals surface area contributed by atoms with E-state index in [0.29, 0.717) is 5.75 Å². The van der Waals surface area contributed by atoms with E-state index in [0.717, 1.165) is 23.5 Å². The van der Waals surface area contributed by atoms with Crippen LogP contribution in [0.1, 0.15) is 17.3 Å². The summed E-state index contributed by atoms with van der Waals surface area (Å²) in [4.78, 5) is 4.49. The first-order valence-corrected chi connectivity index (χ1v) is 6.99. The van der Waals surface area contributed by atoms with Crippen molar-refractivity contribution in [3.05, 3.63) is 53.6 Å². The van der Waals surface area contributed by atoms with Gasteiger partial charge < -0.3 is 14.7 Å². The number of phenolic OH excluding ortho intramolecular Hbond substituents is 1. The Morgan fingerprint density at radius 2 is 1.95 bits per heavy atom. The molecule has 1 N–H and O–H groups in total. The van der Waals surface area contributed by atoms with E-state index in [1.807, 2.05) is 24.3 Å². The molecular weight excluding hydrogens is 264 g/mol. The number of anilines is 1. The first kappa shape index (κ1) is 13.8. The lowest BCUT2D eigenvalue weighted by Gasteiger charge is -2.42. The second kappa shape index (κ2) is 5.30. The third-order valence-corrected chi connectivity index (χ3v) is 4.04. The van der Waals surface area contributed by atoms with Crippen LogP contribution in [-0.4, -0.2) is 31.2 Å². The Hall–Kier alpha value is -2.20. The van der Waals surface area contributed by atoms with Crippen molar-refractivity contribution in [3.63, 3.8) is 0 Å². The van der Waals surface area contributed by atoms with Gasteiger partial charge in [0.05, 0.1) is 7.11 Å². The van der Waals surface area contributed by atoms with Crippen LogP contribution in [0.2, 0.25) is 0 Å². The molecule has 0 spiro atoms. The van der Waals surface area contributed by atoms with Crippen LogP contribution in [0.25, 0.3) is 0 Å². The number of nitrogens with zero attached hydrogens (tertiary/aromatic N) is 2. The van der Waals surface area contributed by atoms with Crippen LogP contribution in [-0.2, 0) is 6.54 Å². The van der Waals surface area contributed by atoms with Crippen LogP contribution in [0.4, 0.5) is 5.69 Å². The molecule has 1 heterocycles. The van der Waals surface area contributed by atoms with Gasteiger partial charge in [0.2, 0.25) is 0 Å². The van der Waals surface area contributed by atoms with Crippen molar-refractivity contribution >= 4 is 5.69 Å². The minimum absolute atomic E-state index is 0.150. The number of rotatable bonds is 2. The Morgan fingerprint density at radius 1 is 1.14 bits per heavy atom. The molecule has 110 valence electrons. The van der Waals surface area contributed by atoms with Crippen molar-refractivity contribution in [1.82, 2.24) is 4.90 Å². The summed E-state index contributed by atoms with van der Waals surface area (Å²) in [7, 11) is 5.86. The van der Waals surface area contributed by atoms with Gasteiger partial charge in [-0.05, 0) is 48.5 Å². The fraction of sp³-hybridized carbons (Fsp3) is 0.294. The number of benzene rings is 2. The summed E-state index contributed by atoms with van der Waals surface area (Å²) in [5.74, 6) is 1.18. The van der Waals surface area contributed by atoms with E-state index in [2.05, 4.69) is 36.0 Å². The molecule has 1 aliphatic rings. The second-order valence-electron chi connectivity index (χ2n) is 5.49. The van der Waals surface area contributed by atoms with Crippen molar-refractivity contribution in [2.45, 2.75) is 12.7 Å². The molecule has 2 aromatic rings. The topological polar surface area (TPSA) is 35.9 Å². The summed E-state index contributed by atoms with van der Waals surface area (Å²) in [6.07, 6.45) is 0.150. The summed E-state index contributed by atoms with van der Waals surface area (Å²) < 4.78 is 5.33. The zero-order valence-electron chi connectivity index (χ0n) is 12.6. The van der Waals surface area contributed by atoms with Gasteiger partial charge in [-0.1, -0.05) is 12.1 Å². The van der Waals surface area contributed by atoms with Crippen LogP contribution >= 0.6 is 0 Å². The van der Waals surface area contributed by atoms with Gasteiger partial charge in [0, 0.05) is 19.3 Å². The minimum atomic E-state index is 0.150. The molecule has 3 rings (SSSR count). The lowest BCUT2D eigenvalue weighted by atomic mass is 10.0. The molecule has 4 nitrogen and oxygen atoms in total. The highest BCUT2D eigenvalue weighted by molar-refractivity contribution is 5.59. The van der Waals surface area contributed by atoms with Gasteiger partial charge in [-0.25, -0.2) is 0 Å². The first-order chi connectivity index (χ1) is 10.1. The van der Waals surface area contributed by atoms with Gasteiger partial charge in [-0.15, -0.1) is 0 Å². The summed E-state index contributed by atoms with van der Waals surface area (Å²) in [5, 5.41) is 9.66. The standard InChI is InChI=1S/C17H20N2O2/c1-18-11-13-9-14(20)7-8-16(13)19(2)17(18)12-5-4-6-15(10-12)21-3/h4-10,17,20H,11H2,1-3H3. The molecule has 1 unspecified atom stereocenters. The van der Waals surface area contributed by atoms with E-state index in [-0.39, 0.29) is 6.17 Å². The van der Waals surface area contributed by atoms with Gasteiger partial charge in [0.25, 0.3) is 0 Å². The van der Waals surface area contributed by atoms with E-state index >= 15 is 0 Å². The first-order valence-electron chi connectivity index (χ1n) is 6.99. The van der Waals surface area contributed by atoms with Crippen LogP contribution in [0.5, 0.6) is 11.5 Å². The van der Waals surface area contributed by atoms with Crippen molar-refractivity contribution in [1.29, 1.82) is 0 Å². The molecule has 0 amide bonds. The summed E-state index contributed by atoms with van der Waals surface area (Å²) in [5.41, 5.74) is 3.48. The number of ether oxygens (including phenoxy) is 1. The van der Waals surface area contributed by atoms with Crippen molar-refractivity contribution in [2.75, 3.05) is 26.1 Å². The SMILES string of the molecule is COc1cccc(C2N(C)Cc3cc(O)ccc3N2C)c1. The van der Waals surface area contributed by atoms with Gasteiger partial charge in [0.15, 0.2) is 0 Å². The molecule has 21 heavy (non-hydrogen) atoms. The number of aromatic hydroxyl groups is 1. The Bertz CT molecular complexity index is 657. The third-order valence-electron chi connectivity index (χ3n) is 4.04. The predicted molar refractivity (Wildman–Crippen MR) is 83.7 cm³/mol. The average Bonchev–Trinajstić information content (AvgIpc) is 2.47. The molecule has 1 atom stereocenters. The highest BCUT2D eigenvalue weighted by Crippen LogP contribution is 2.38. The zero-order valence-corrected chi connectivity index (χ0v) is 12.6. The minimum Gasteiger partial charge on any atom is -0.508 e. The molecule has 0 bridgehead atoms. The van der Waals surface area contributed by atoms with Gasteiger partial charge >= 0.3 is 0 Å². The van der Waals surface area contributed by atoms with E-state index in [4.69, 9.17) is 4.74 Å². The third kappa shape index (κ3) is 2.43. The maximum atomic E-state index is 9.66. The predicted octanol–water partition coefficient (Wildman–Crippen LogP) is 2.98. The van der Waals surface area contributed by atoms with Gasteiger partial charge in [-0.2, -0.15) is 0 Å². The van der Waals surface area contributed by atoms with Crippen LogP contribution < -0.4 is 9.64 Å². The Balaban J connectivity index is 2.01. The Kier molecular flexibility index (Phi) is 3.47. The molecule has 0 saturated heterocycles. The molecule has 0 saturated carbocycles. The molecule has 1 aliphatic heterocycles. The molecule has 2 aromatic carbocycles. The number of hydrogen-bond donors (Lipinski definition) is 1. The quantitative estimate of drug-likeness (QED) is 0.919. The summed E-state index contributed by atoms with van der Waals surface area (Å²) >= 11 is 0. The fourth-order valence-corrected chi connectivity index (χ4v) is 3.11. The van der Waals surface area contributed by atoms with Crippen molar-refractivity contribution in [2.24, 2.45) is 0 Å². The van der Waals surface area contributed by atoms with Crippen LogP contribution in [0.3, 0.4) is 0 Å². The maximum Gasteiger partial charge on any atom is 0.119 e. The number of methoxy groups -OCH3 is 1. The van der Waals surface area contributed by atoms with E-state index in [1.165, 1.54) is 5.56 Å². The molecule has 0 fully saturated rings. The second-order valence-corrected chi connectivity index (χ2v) is 5.49. The Labute approximate surface area is 125 Å². The zero-order chi connectivity index (χ0) is 15.0. The highest BCUT2D eigenvalue weighted by Gasteiger charge is 2.29. The Morgan fingerprint density at radius 3 is 2.71 bits per heavy atom. The fourth-order valence-electron chi connectivity index (χ4n) is 3.11. The summed E-state index contributed by atoms with van der Waals surface area (Å²) in [6.45, 7) is 0.802. The normalized spacial score (nSPS) is 18.4. The van der Waals surface area contributed by atoms with Crippen LogP contribution in [0, 0.1) is 0 Å². The van der Waals surface area contributed by atoms with Crippen molar-refractivity contribution < 1.29 is 9.84 Å². The highest BCUT2D eigenvalue weighted by atomic mass is 16.5. The van der Waals surface area contributed by atoms with Crippen LogP contribution in [0.15, 0.2) is 42.5 Å². The average molecular weight is 284 g/mol. The summed E-state index contributed by atoms with van der Waals surface area (Å²) in [6, 6.07) is 13.7. The molecular formula is C17H20N2O2. The lowest BCUT2D eigenvalue weighted by Crippen LogP contribution is -2.41. The van der Waals surface area contributed by atoms with Gasteiger partial charge in [0.1, 0.15) is 17.7 Å². The molecule has 4 heteroatoms.